The molecule has 4 rings (SSSR count). The van der Waals surface area contributed by atoms with Crippen LogP contribution in [0.15, 0.2) is 36.4 Å². The van der Waals surface area contributed by atoms with Crippen LogP contribution in [-0.4, -0.2) is 43.6 Å². The molecule has 0 spiro atoms. The molecule has 1 saturated heterocycles. The van der Waals surface area contributed by atoms with Gasteiger partial charge < -0.3 is 19.5 Å². The van der Waals surface area contributed by atoms with Gasteiger partial charge in [0, 0.05) is 17.7 Å². The minimum absolute atomic E-state index is 0.112. The van der Waals surface area contributed by atoms with E-state index in [-0.39, 0.29) is 31.1 Å². The first-order chi connectivity index (χ1) is 15.0. The Morgan fingerprint density at radius 2 is 1.84 bits per heavy atom. The second-order valence-corrected chi connectivity index (χ2v) is 7.96. The van der Waals surface area contributed by atoms with Gasteiger partial charge in [0.15, 0.2) is 17.3 Å². The van der Waals surface area contributed by atoms with E-state index in [0.29, 0.717) is 22.7 Å². The predicted molar refractivity (Wildman–Crippen MR) is 117 cm³/mol. The molecule has 1 N–H and O–H groups in total. The number of hydrogen-bond acceptors (Lipinski definition) is 6. The first kappa shape index (κ1) is 21.2. The Labute approximate surface area is 182 Å². The average Bonchev–Trinajstić information content (AvgIpc) is 3.10. The molecule has 1 atom stereocenters. The number of rotatable bonds is 6. The fourth-order valence-corrected chi connectivity index (χ4v) is 4.27. The number of amides is 1. The van der Waals surface area contributed by atoms with Gasteiger partial charge in [-0.15, -0.1) is 0 Å². The molecular weight excluding hydrogens is 396 g/mol. The number of fused-ring (bicyclic) bond motifs is 1. The van der Waals surface area contributed by atoms with Crippen molar-refractivity contribution >= 4 is 17.4 Å². The summed E-state index contributed by atoms with van der Waals surface area (Å²) in [6.07, 6.45) is 4.35. The topological polar surface area (TPSA) is 77.1 Å². The average molecular weight is 424 g/mol. The fraction of sp³-hybridized carbons (Fsp3) is 0.417. The second-order valence-electron chi connectivity index (χ2n) is 7.96. The first-order valence-corrected chi connectivity index (χ1v) is 10.7. The third kappa shape index (κ3) is 4.82. The van der Waals surface area contributed by atoms with Gasteiger partial charge in [-0.3, -0.25) is 14.5 Å². The van der Waals surface area contributed by atoms with Crippen LogP contribution in [-0.2, 0) is 4.79 Å². The zero-order valence-electron chi connectivity index (χ0n) is 18.0. The molecule has 0 saturated carbocycles. The molecular formula is C24H28N2O5. The zero-order chi connectivity index (χ0) is 21.8. The minimum Gasteiger partial charge on any atom is -0.497 e. The third-order valence-corrected chi connectivity index (χ3v) is 5.88. The van der Waals surface area contributed by atoms with E-state index in [1.54, 1.807) is 19.2 Å². The maximum atomic E-state index is 13.0. The van der Waals surface area contributed by atoms with Crippen LogP contribution in [0.3, 0.4) is 0 Å². The number of benzene rings is 2. The Hall–Kier alpha value is -3.06. The van der Waals surface area contributed by atoms with Crippen molar-refractivity contribution in [2.45, 2.75) is 38.6 Å². The summed E-state index contributed by atoms with van der Waals surface area (Å²) >= 11 is 0. The highest BCUT2D eigenvalue weighted by Gasteiger charge is 2.26. The van der Waals surface area contributed by atoms with Crippen molar-refractivity contribution < 1.29 is 23.8 Å². The van der Waals surface area contributed by atoms with Crippen LogP contribution in [0.1, 0.15) is 54.6 Å². The minimum atomic E-state index is -0.151. The van der Waals surface area contributed by atoms with Gasteiger partial charge in [-0.1, -0.05) is 25.0 Å². The van der Waals surface area contributed by atoms with Gasteiger partial charge in [0.1, 0.15) is 5.75 Å². The Morgan fingerprint density at radius 1 is 1.10 bits per heavy atom. The maximum absolute atomic E-state index is 13.0. The fourth-order valence-electron chi connectivity index (χ4n) is 4.27. The lowest BCUT2D eigenvalue weighted by Crippen LogP contribution is -2.36. The summed E-state index contributed by atoms with van der Waals surface area (Å²) in [6, 6.07) is 11.5. The molecule has 1 fully saturated rings. The molecule has 164 valence electrons. The van der Waals surface area contributed by atoms with Gasteiger partial charge in [0.2, 0.25) is 12.7 Å². The van der Waals surface area contributed by atoms with Crippen LogP contribution < -0.4 is 19.5 Å². The summed E-state index contributed by atoms with van der Waals surface area (Å²) in [5, 5.41) is 2.92. The smallest absolute Gasteiger partial charge is 0.238 e. The third-order valence-electron chi connectivity index (χ3n) is 5.88. The Kier molecular flexibility index (Phi) is 6.42. The molecule has 2 aliphatic heterocycles. The standard InChI is InChI=1S/C24H28N2O5/c1-16(27)19-12-22-23(31-15-30-22)13-20(19)25-24(28)14-26-11-5-3-4-6-21(26)17-7-9-18(29-2)10-8-17/h7-10,12-13,21H,3-6,11,14-15H2,1-2H3,(H,25,28). The summed E-state index contributed by atoms with van der Waals surface area (Å²) in [5.41, 5.74) is 2.06. The Bertz CT molecular complexity index is 957. The molecule has 0 aliphatic carbocycles. The van der Waals surface area contributed by atoms with E-state index >= 15 is 0 Å². The summed E-state index contributed by atoms with van der Waals surface area (Å²) in [6.45, 7) is 2.69. The second kappa shape index (κ2) is 9.39. The van der Waals surface area contributed by atoms with Crippen LogP contribution in [0.4, 0.5) is 5.69 Å². The molecule has 2 aliphatic rings. The Morgan fingerprint density at radius 3 is 2.55 bits per heavy atom. The number of anilines is 1. The molecule has 0 bridgehead atoms. The lowest BCUT2D eigenvalue weighted by molar-refractivity contribution is -0.117. The van der Waals surface area contributed by atoms with Crippen molar-refractivity contribution in [1.82, 2.24) is 4.90 Å². The molecule has 2 heterocycles. The normalized spacial score (nSPS) is 18.3. The van der Waals surface area contributed by atoms with Crippen molar-refractivity contribution in [2.75, 3.05) is 32.3 Å². The highest BCUT2D eigenvalue weighted by molar-refractivity contribution is 6.05. The quantitative estimate of drug-likeness (QED) is 0.701. The monoisotopic (exact) mass is 424 g/mol. The van der Waals surface area contributed by atoms with Crippen molar-refractivity contribution in [1.29, 1.82) is 0 Å². The van der Waals surface area contributed by atoms with Crippen LogP contribution in [0, 0.1) is 0 Å². The van der Waals surface area contributed by atoms with Crippen LogP contribution in [0.5, 0.6) is 17.2 Å². The van der Waals surface area contributed by atoms with Gasteiger partial charge in [0.05, 0.1) is 19.3 Å². The maximum Gasteiger partial charge on any atom is 0.238 e. The van der Waals surface area contributed by atoms with Crippen LogP contribution >= 0.6 is 0 Å². The van der Waals surface area contributed by atoms with Crippen LogP contribution in [0.25, 0.3) is 0 Å². The molecule has 31 heavy (non-hydrogen) atoms. The summed E-state index contributed by atoms with van der Waals surface area (Å²) in [7, 11) is 1.66. The number of Topliss-reactive ketones (excluding diaryl/α,β-unsaturated/α-hetero) is 1. The molecule has 2 aromatic rings. The summed E-state index contributed by atoms with van der Waals surface area (Å²) in [4.78, 5) is 27.3. The number of ketones is 1. The molecule has 7 nitrogen and oxygen atoms in total. The molecule has 1 unspecified atom stereocenters. The number of carbonyl (C=O) groups excluding carboxylic acids is 2. The van der Waals surface area contributed by atoms with Crippen LogP contribution in [0.2, 0.25) is 0 Å². The van der Waals surface area contributed by atoms with Crippen molar-refractivity contribution in [3.05, 3.63) is 47.5 Å². The van der Waals surface area contributed by atoms with E-state index in [4.69, 9.17) is 14.2 Å². The van der Waals surface area contributed by atoms with E-state index in [2.05, 4.69) is 22.3 Å². The molecule has 0 aromatic heterocycles. The number of methoxy groups -OCH3 is 1. The van der Waals surface area contributed by atoms with Gasteiger partial charge >= 0.3 is 0 Å². The SMILES string of the molecule is COc1ccc(C2CCCCCN2CC(=O)Nc2cc3c(cc2C(C)=O)OCO3)cc1. The number of nitrogens with one attached hydrogen (secondary N) is 1. The largest absolute Gasteiger partial charge is 0.497 e. The number of carbonyl (C=O) groups is 2. The molecule has 0 radical (unpaired) electrons. The molecule has 7 heteroatoms. The van der Waals surface area contributed by atoms with E-state index in [1.807, 2.05) is 12.1 Å². The van der Waals surface area contributed by atoms with Gasteiger partial charge in [-0.25, -0.2) is 0 Å². The summed E-state index contributed by atoms with van der Waals surface area (Å²) in [5.74, 6) is 1.59. The zero-order valence-corrected chi connectivity index (χ0v) is 18.0. The van der Waals surface area contributed by atoms with E-state index in [9.17, 15) is 9.59 Å². The number of nitrogens with zero attached hydrogens (tertiary/aromatic N) is 1. The van der Waals surface area contributed by atoms with Crippen molar-refractivity contribution in [3.8, 4) is 17.2 Å². The number of hydrogen-bond donors (Lipinski definition) is 1. The van der Waals surface area contributed by atoms with Gasteiger partial charge in [-0.05, 0) is 50.1 Å². The highest BCUT2D eigenvalue weighted by atomic mass is 16.7. The van der Waals surface area contributed by atoms with E-state index < -0.39 is 0 Å². The predicted octanol–water partition coefficient (Wildman–Crippen LogP) is 4.18. The van der Waals surface area contributed by atoms with Crippen molar-refractivity contribution in [3.63, 3.8) is 0 Å². The van der Waals surface area contributed by atoms with Gasteiger partial charge in [0.25, 0.3) is 0 Å². The highest BCUT2D eigenvalue weighted by Crippen LogP contribution is 2.37. The van der Waals surface area contributed by atoms with E-state index in [0.717, 1.165) is 38.0 Å². The molecule has 2 aromatic carbocycles. The first-order valence-electron chi connectivity index (χ1n) is 10.7. The lowest BCUT2D eigenvalue weighted by Gasteiger charge is -2.30. The number of likely N-dealkylation sites (tertiary alicyclic amines) is 1. The van der Waals surface area contributed by atoms with E-state index in [1.165, 1.54) is 12.5 Å². The lowest BCUT2D eigenvalue weighted by atomic mass is 10.0. The summed E-state index contributed by atoms with van der Waals surface area (Å²) < 4.78 is 16.0. The van der Waals surface area contributed by atoms with Crippen molar-refractivity contribution in [2.24, 2.45) is 0 Å². The number of ether oxygens (including phenoxy) is 3. The Balaban J connectivity index is 1.51. The van der Waals surface area contributed by atoms with Gasteiger partial charge in [-0.2, -0.15) is 0 Å². The molecule has 1 amide bonds.